The highest BCUT2D eigenvalue weighted by atomic mass is 16.4. The van der Waals surface area contributed by atoms with E-state index in [-0.39, 0.29) is 5.92 Å². The molecule has 120 valence electrons. The molecular weight excluding hydrogens is 276 g/mol. The van der Waals surface area contributed by atoms with E-state index in [0.717, 1.165) is 12.0 Å². The Morgan fingerprint density at radius 2 is 2.05 bits per heavy atom. The van der Waals surface area contributed by atoms with Gasteiger partial charge in [-0.15, -0.1) is 0 Å². The van der Waals surface area contributed by atoms with E-state index in [1.165, 1.54) is 22.3 Å². The van der Waals surface area contributed by atoms with Crippen molar-refractivity contribution in [3.63, 3.8) is 0 Å². The fourth-order valence-corrected chi connectivity index (χ4v) is 3.75. The van der Waals surface area contributed by atoms with Gasteiger partial charge < -0.3 is 10.2 Å². The van der Waals surface area contributed by atoms with Crippen LogP contribution in [0.2, 0.25) is 0 Å². The number of aliphatic carboxylic acids is 1. The maximum atomic E-state index is 11.4. The quantitative estimate of drug-likeness (QED) is 0.819. The Morgan fingerprint density at radius 3 is 2.64 bits per heavy atom. The number of carboxylic acids is 1. The fraction of sp³-hybridized carbons (Fsp3) is 0.526. The van der Waals surface area contributed by atoms with Crippen molar-refractivity contribution in [1.29, 1.82) is 0 Å². The van der Waals surface area contributed by atoms with Crippen LogP contribution in [-0.2, 0) is 17.6 Å². The lowest BCUT2D eigenvalue weighted by Crippen LogP contribution is -2.30. The number of hydrogen-bond acceptors (Lipinski definition) is 2. The number of carbonyl (C=O) groups is 1. The number of rotatable bonds is 5. The van der Waals surface area contributed by atoms with Crippen LogP contribution in [-0.4, -0.2) is 22.3 Å². The van der Waals surface area contributed by atoms with Crippen LogP contribution in [0.3, 0.4) is 0 Å². The molecule has 0 radical (unpaired) electrons. The molecule has 0 bridgehead atoms. The number of aryl methyl sites for hydroxylation is 3. The second kappa shape index (κ2) is 6.66. The molecule has 3 heteroatoms. The molecule has 2 rings (SSSR count). The van der Waals surface area contributed by atoms with Crippen molar-refractivity contribution < 1.29 is 15.0 Å². The largest absolute Gasteiger partial charge is 0.481 e. The number of carboxylic acid groups (broad SMARTS) is 1. The number of aliphatic hydroxyl groups excluding tert-OH is 1. The van der Waals surface area contributed by atoms with E-state index in [1.807, 2.05) is 0 Å². The van der Waals surface area contributed by atoms with Gasteiger partial charge in [-0.1, -0.05) is 36.8 Å². The zero-order valence-electron chi connectivity index (χ0n) is 13.7. The predicted molar refractivity (Wildman–Crippen MR) is 88.0 cm³/mol. The summed E-state index contributed by atoms with van der Waals surface area (Å²) in [5.41, 5.74) is 5.76. The van der Waals surface area contributed by atoms with Crippen LogP contribution in [0.1, 0.15) is 42.0 Å². The van der Waals surface area contributed by atoms with Crippen molar-refractivity contribution in [2.45, 2.75) is 52.6 Å². The van der Waals surface area contributed by atoms with Crippen LogP contribution in [0.5, 0.6) is 0 Å². The average Bonchev–Trinajstić information content (AvgIpc) is 2.83. The highest BCUT2D eigenvalue weighted by Gasteiger charge is 2.39. The SMILES string of the molecule is C=C1C[C@H](C(=O)O)[C@@H](C(O)Cc2c(C)cc(C)cc2CC)C1. The molecule has 1 aliphatic carbocycles. The Hall–Kier alpha value is -1.61. The number of hydrogen-bond donors (Lipinski definition) is 2. The monoisotopic (exact) mass is 302 g/mol. The molecule has 1 aromatic carbocycles. The fourth-order valence-electron chi connectivity index (χ4n) is 3.75. The lowest BCUT2D eigenvalue weighted by atomic mass is 9.84. The zero-order valence-corrected chi connectivity index (χ0v) is 13.7. The van der Waals surface area contributed by atoms with Gasteiger partial charge in [-0.05, 0) is 56.2 Å². The topological polar surface area (TPSA) is 57.5 Å². The summed E-state index contributed by atoms with van der Waals surface area (Å²) in [6, 6.07) is 4.29. The first-order valence-electron chi connectivity index (χ1n) is 8.00. The van der Waals surface area contributed by atoms with Gasteiger partial charge in [-0.2, -0.15) is 0 Å². The molecule has 0 aliphatic heterocycles. The third kappa shape index (κ3) is 3.41. The molecule has 0 amide bonds. The van der Waals surface area contributed by atoms with E-state index in [9.17, 15) is 15.0 Å². The van der Waals surface area contributed by atoms with Crippen molar-refractivity contribution in [3.8, 4) is 0 Å². The first kappa shape index (κ1) is 16.8. The van der Waals surface area contributed by atoms with Crippen LogP contribution < -0.4 is 0 Å². The molecule has 1 unspecified atom stereocenters. The van der Waals surface area contributed by atoms with Crippen molar-refractivity contribution in [2.24, 2.45) is 11.8 Å². The molecule has 22 heavy (non-hydrogen) atoms. The summed E-state index contributed by atoms with van der Waals surface area (Å²) in [5, 5.41) is 20.0. The van der Waals surface area contributed by atoms with Gasteiger partial charge in [0.05, 0.1) is 12.0 Å². The van der Waals surface area contributed by atoms with E-state index < -0.39 is 18.0 Å². The maximum absolute atomic E-state index is 11.4. The number of aliphatic hydroxyl groups is 1. The Bertz CT molecular complexity index is 589. The number of benzene rings is 1. The second-order valence-electron chi connectivity index (χ2n) is 6.61. The van der Waals surface area contributed by atoms with E-state index in [4.69, 9.17) is 0 Å². The summed E-state index contributed by atoms with van der Waals surface area (Å²) in [6.07, 6.45) is 1.92. The lowest BCUT2D eigenvalue weighted by molar-refractivity contribution is -0.144. The molecule has 1 saturated carbocycles. The van der Waals surface area contributed by atoms with Crippen LogP contribution in [0, 0.1) is 25.7 Å². The minimum Gasteiger partial charge on any atom is -0.481 e. The third-order valence-electron chi connectivity index (χ3n) is 4.87. The lowest BCUT2D eigenvalue weighted by Gasteiger charge is -2.24. The van der Waals surface area contributed by atoms with Gasteiger partial charge in [0.25, 0.3) is 0 Å². The predicted octanol–water partition coefficient (Wildman–Crippen LogP) is 3.44. The maximum Gasteiger partial charge on any atom is 0.307 e. The molecule has 1 fully saturated rings. The van der Waals surface area contributed by atoms with Gasteiger partial charge in [0.2, 0.25) is 0 Å². The van der Waals surface area contributed by atoms with Gasteiger partial charge in [-0.3, -0.25) is 4.79 Å². The van der Waals surface area contributed by atoms with Gasteiger partial charge in [-0.25, -0.2) is 0 Å². The zero-order chi connectivity index (χ0) is 16.4. The van der Waals surface area contributed by atoms with Crippen LogP contribution in [0.4, 0.5) is 0 Å². The third-order valence-corrected chi connectivity index (χ3v) is 4.87. The minimum atomic E-state index is -0.820. The van der Waals surface area contributed by atoms with E-state index >= 15 is 0 Å². The van der Waals surface area contributed by atoms with E-state index in [0.29, 0.717) is 19.3 Å². The first-order chi connectivity index (χ1) is 10.3. The standard InChI is InChI=1S/C19H26O3/c1-5-14-7-11(2)6-13(4)15(14)10-18(20)16-8-12(3)9-17(16)19(21)22/h6-7,16-18,20H,3,5,8-10H2,1-2,4H3,(H,21,22)/t16-,17-,18?/m0/s1. The highest BCUT2D eigenvalue weighted by Crippen LogP contribution is 2.38. The summed E-state index contributed by atoms with van der Waals surface area (Å²) < 4.78 is 0. The Kier molecular flexibility index (Phi) is 5.07. The smallest absolute Gasteiger partial charge is 0.307 e. The Morgan fingerprint density at radius 1 is 1.36 bits per heavy atom. The van der Waals surface area contributed by atoms with Gasteiger partial charge in [0.15, 0.2) is 0 Å². The molecule has 1 aliphatic rings. The molecular formula is C19H26O3. The van der Waals surface area contributed by atoms with Crippen LogP contribution >= 0.6 is 0 Å². The molecule has 0 spiro atoms. The summed E-state index contributed by atoms with van der Waals surface area (Å²) in [6.45, 7) is 10.2. The summed E-state index contributed by atoms with van der Waals surface area (Å²) in [4.78, 5) is 11.4. The molecule has 0 saturated heterocycles. The summed E-state index contributed by atoms with van der Waals surface area (Å²) in [5.74, 6) is -1.55. The van der Waals surface area contributed by atoms with Crippen molar-refractivity contribution in [2.75, 3.05) is 0 Å². The van der Waals surface area contributed by atoms with Crippen molar-refractivity contribution >= 4 is 5.97 Å². The highest BCUT2D eigenvalue weighted by molar-refractivity contribution is 5.71. The van der Waals surface area contributed by atoms with Crippen molar-refractivity contribution in [3.05, 3.63) is 46.5 Å². The molecule has 0 aromatic heterocycles. The minimum absolute atomic E-state index is 0.226. The molecule has 0 heterocycles. The van der Waals surface area contributed by atoms with Gasteiger partial charge >= 0.3 is 5.97 Å². The van der Waals surface area contributed by atoms with E-state index in [2.05, 4.69) is 39.5 Å². The normalized spacial score (nSPS) is 22.8. The first-order valence-corrected chi connectivity index (χ1v) is 8.00. The summed E-state index contributed by atoms with van der Waals surface area (Å²) in [7, 11) is 0. The van der Waals surface area contributed by atoms with Crippen LogP contribution in [0.25, 0.3) is 0 Å². The molecule has 3 atom stereocenters. The average molecular weight is 302 g/mol. The molecule has 2 N–H and O–H groups in total. The van der Waals surface area contributed by atoms with Crippen LogP contribution in [0.15, 0.2) is 24.3 Å². The van der Waals surface area contributed by atoms with E-state index in [1.54, 1.807) is 0 Å². The molecule has 1 aromatic rings. The molecule has 3 nitrogen and oxygen atoms in total. The number of allylic oxidation sites excluding steroid dienone is 1. The van der Waals surface area contributed by atoms with Gasteiger partial charge in [0, 0.05) is 5.92 Å². The van der Waals surface area contributed by atoms with Gasteiger partial charge in [0.1, 0.15) is 0 Å². The Labute approximate surface area is 132 Å². The Balaban J connectivity index is 2.23. The second-order valence-corrected chi connectivity index (χ2v) is 6.61. The summed E-state index contributed by atoms with van der Waals surface area (Å²) >= 11 is 0. The van der Waals surface area contributed by atoms with Crippen molar-refractivity contribution in [1.82, 2.24) is 0 Å².